The third kappa shape index (κ3) is 3.27. The maximum Gasteiger partial charge on any atom is 0.348 e. The minimum atomic E-state index is -0.625. The van der Waals surface area contributed by atoms with Crippen LogP contribution in [0.25, 0.3) is 0 Å². The highest BCUT2D eigenvalue weighted by Gasteiger charge is 2.28. The number of nitrogens with one attached hydrogen (secondary N) is 1. The second-order valence-corrected chi connectivity index (χ2v) is 4.49. The molecule has 7 nitrogen and oxygen atoms in total. The summed E-state index contributed by atoms with van der Waals surface area (Å²) in [4.78, 5) is 17.7. The Morgan fingerprint density at radius 3 is 2.78 bits per heavy atom. The number of halogens is 1. The molecule has 0 saturated carbocycles. The molecule has 18 heavy (non-hydrogen) atoms. The SMILES string of the molecule is CCC(C)(CCO)Nc1ncnc(Cl)c1[N+](=O)[O-]. The first kappa shape index (κ1) is 14.6. The van der Waals surface area contributed by atoms with E-state index in [1.807, 2.05) is 13.8 Å². The van der Waals surface area contributed by atoms with Gasteiger partial charge in [0.1, 0.15) is 6.33 Å². The number of aromatic nitrogens is 2. The third-order valence-corrected chi connectivity index (χ3v) is 3.10. The minimum absolute atomic E-state index is 0.0239. The highest BCUT2D eigenvalue weighted by molar-refractivity contribution is 6.31. The Morgan fingerprint density at radius 1 is 1.61 bits per heavy atom. The summed E-state index contributed by atoms with van der Waals surface area (Å²) in [5, 5.41) is 22.7. The summed E-state index contributed by atoms with van der Waals surface area (Å²) in [5.74, 6) is 0.0674. The van der Waals surface area contributed by atoms with Gasteiger partial charge in [-0.15, -0.1) is 0 Å². The zero-order valence-electron chi connectivity index (χ0n) is 10.2. The molecule has 0 amide bonds. The molecule has 0 spiro atoms. The van der Waals surface area contributed by atoms with Gasteiger partial charge in [-0.25, -0.2) is 9.97 Å². The van der Waals surface area contributed by atoms with E-state index in [1.54, 1.807) is 0 Å². The molecule has 0 fully saturated rings. The maximum absolute atomic E-state index is 10.9. The van der Waals surface area contributed by atoms with E-state index < -0.39 is 10.5 Å². The molecular weight excluding hydrogens is 260 g/mol. The molecule has 1 rings (SSSR count). The van der Waals surface area contributed by atoms with Crippen LogP contribution in [-0.2, 0) is 0 Å². The number of hydrogen-bond acceptors (Lipinski definition) is 6. The fourth-order valence-electron chi connectivity index (χ4n) is 1.47. The van der Waals surface area contributed by atoms with Crippen molar-refractivity contribution in [2.45, 2.75) is 32.2 Å². The number of hydrogen-bond donors (Lipinski definition) is 2. The van der Waals surface area contributed by atoms with Crippen molar-refractivity contribution in [3.8, 4) is 0 Å². The Balaban J connectivity index is 3.10. The number of aliphatic hydroxyl groups excluding tert-OH is 1. The fraction of sp³-hybridized carbons (Fsp3) is 0.600. The van der Waals surface area contributed by atoms with Crippen molar-refractivity contribution in [2.75, 3.05) is 11.9 Å². The van der Waals surface area contributed by atoms with E-state index in [4.69, 9.17) is 16.7 Å². The standard InChI is InChI=1S/C10H15ClN4O3/c1-3-10(2,4-5-16)14-9-7(15(17)18)8(11)12-6-13-9/h6,16H,3-5H2,1-2H3,(H,12,13,14). The Labute approximate surface area is 109 Å². The van der Waals surface area contributed by atoms with E-state index in [-0.39, 0.29) is 23.3 Å². The highest BCUT2D eigenvalue weighted by atomic mass is 35.5. The average Bonchev–Trinajstić information content (AvgIpc) is 2.28. The predicted molar refractivity (Wildman–Crippen MR) is 67.7 cm³/mol. The van der Waals surface area contributed by atoms with Crippen molar-refractivity contribution < 1.29 is 10.0 Å². The van der Waals surface area contributed by atoms with Gasteiger partial charge in [0.25, 0.3) is 0 Å². The minimum Gasteiger partial charge on any atom is -0.396 e. The molecule has 0 bridgehead atoms. The van der Waals surface area contributed by atoms with E-state index in [0.717, 1.165) is 6.33 Å². The summed E-state index contributed by atoms with van der Waals surface area (Å²) in [6.45, 7) is 3.74. The number of aliphatic hydroxyl groups is 1. The second-order valence-electron chi connectivity index (χ2n) is 4.13. The molecule has 1 aromatic rings. The first-order valence-corrected chi connectivity index (χ1v) is 5.85. The zero-order chi connectivity index (χ0) is 13.8. The van der Waals surface area contributed by atoms with Crippen LogP contribution in [0.3, 0.4) is 0 Å². The smallest absolute Gasteiger partial charge is 0.348 e. The van der Waals surface area contributed by atoms with Gasteiger partial charge in [0.05, 0.1) is 4.92 Å². The Morgan fingerprint density at radius 2 is 2.28 bits per heavy atom. The van der Waals surface area contributed by atoms with Crippen molar-refractivity contribution in [1.29, 1.82) is 0 Å². The average molecular weight is 275 g/mol. The number of nitrogens with zero attached hydrogens (tertiary/aromatic N) is 3. The van der Waals surface area contributed by atoms with Gasteiger partial charge >= 0.3 is 5.69 Å². The van der Waals surface area contributed by atoms with Crippen LogP contribution in [-0.4, -0.2) is 32.1 Å². The monoisotopic (exact) mass is 274 g/mol. The van der Waals surface area contributed by atoms with Crippen molar-refractivity contribution in [1.82, 2.24) is 9.97 Å². The van der Waals surface area contributed by atoms with Crippen molar-refractivity contribution in [3.05, 3.63) is 21.6 Å². The molecule has 1 atom stereocenters. The third-order valence-electron chi connectivity index (χ3n) is 2.82. The van der Waals surface area contributed by atoms with Crippen LogP contribution in [0.15, 0.2) is 6.33 Å². The quantitative estimate of drug-likeness (QED) is 0.467. The molecule has 8 heteroatoms. The number of rotatable bonds is 6. The van der Waals surface area contributed by atoms with Gasteiger partial charge in [0.2, 0.25) is 11.0 Å². The Hall–Kier alpha value is -1.47. The lowest BCUT2D eigenvalue weighted by Crippen LogP contribution is -2.35. The van der Waals surface area contributed by atoms with E-state index in [9.17, 15) is 10.1 Å². The van der Waals surface area contributed by atoms with Crippen LogP contribution in [0.4, 0.5) is 11.5 Å². The Kier molecular flexibility index (Phi) is 4.80. The lowest BCUT2D eigenvalue weighted by Gasteiger charge is -2.29. The molecule has 1 unspecified atom stereocenters. The molecule has 0 radical (unpaired) electrons. The number of nitro groups is 1. The van der Waals surface area contributed by atoms with Gasteiger partial charge in [0.15, 0.2) is 0 Å². The van der Waals surface area contributed by atoms with Crippen LogP contribution in [0.1, 0.15) is 26.7 Å². The van der Waals surface area contributed by atoms with E-state index in [1.165, 1.54) is 0 Å². The van der Waals surface area contributed by atoms with Gasteiger partial charge in [-0.2, -0.15) is 0 Å². The molecule has 0 aliphatic heterocycles. The lowest BCUT2D eigenvalue weighted by molar-refractivity contribution is -0.384. The predicted octanol–water partition coefficient (Wildman–Crippen LogP) is 2.00. The molecule has 1 aromatic heterocycles. The van der Waals surface area contributed by atoms with Gasteiger partial charge in [-0.1, -0.05) is 18.5 Å². The van der Waals surface area contributed by atoms with E-state index in [2.05, 4.69) is 15.3 Å². The van der Waals surface area contributed by atoms with Gasteiger partial charge in [-0.3, -0.25) is 10.1 Å². The van der Waals surface area contributed by atoms with Crippen LogP contribution in [0.2, 0.25) is 5.15 Å². The molecule has 0 aliphatic carbocycles. The molecule has 0 saturated heterocycles. The number of anilines is 1. The summed E-state index contributed by atoms with van der Waals surface area (Å²) < 4.78 is 0. The van der Waals surface area contributed by atoms with Gasteiger partial charge in [-0.05, 0) is 19.8 Å². The topological polar surface area (TPSA) is 101 Å². The summed E-state index contributed by atoms with van der Waals surface area (Å²) in [6.07, 6.45) is 2.28. The summed E-state index contributed by atoms with van der Waals surface area (Å²) >= 11 is 5.69. The summed E-state index contributed by atoms with van der Waals surface area (Å²) in [5.41, 5.74) is -0.839. The van der Waals surface area contributed by atoms with Crippen LogP contribution < -0.4 is 5.32 Å². The van der Waals surface area contributed by atoms with E-state index >= 15 is 0 Å². The van der Waals surface area contributed by atoms with Crippen LogP contribution >= 0.6 is 11.6 Å². The second kappa shape index (κ2) is 5.92. The molecule has 2 N–H and O–H groups in total. The molecular formula is C10H15ClN4O3. The van der Waals surface area contributed by atoms with E-state index in [0.29, 0.717) is 12.8 Å². The van der Waals surface area contributed by atoms with Crippen molar-refractivity contribution in [3.63, 3.8) is 0 Å². The molecule has 0 aliphatic rings. The van der Waals surface area contributed by atoms with Crippen LogP contribution in [0.5, 0.6) is 0 Å². The normalized spacial score (nSPS) is 14.0. The molecule has 0 aromatic carbocycles. The first-order chi connectivity index (χ1) is 8.43. The molecule has 1 heterocycles. The van der Waals surface area contributed by atoms with Gasteiger partial charge in [0, 0.05) is 12.1 Å². The van der Waals surface area contributed by atoms with Gasteiger partial charge < -0.3 is 10.4 Å². The fourth-order valence-corrected chi connectivity index (χ4v) is 1.67. The van der Waals surface area contributed by atoms with Crippen molar-refractivity contribution >= 4 is 23.1 Å². The van der Waals surface area contributed by atoms with Crippen molar-refractivity contribution in [2.24, 2.45) is 0 Å². The zero-order valence-corrected chi connectivity index (χ0v) is 10.9. The first-order valence-electron chi connectivity index (χ1n) is 5.47. The molecule has 100 valence electrons. The Bertz CT molecular complexity index is 443. The largest absolute Gasteiger partial charge is 0.396 e. The summed E-state index contributed by atoms with van der Waals surface area (Å²) in [6, 6.07) is 0. The summed E-state index contributed by atoms with van der Waals surface area (Å²) in [7, 11) is 0. The highest BCUT2D eigenvalue weighted by Crippen LogP contribution is 2.31. The maximum atomic E-state index is 10.9. The van der Waals surface area contributed by atoms with Crippen LogP contribution in [0, 0.1) is 10.1 Å². The lowest BCUT2D eigenvalue weighted by atomic mass is 9.95.